The zero-order valence-corrected chi connectivity index (χ0v) is 3.86. The van der Waals surface area contributed by atoms with E-state index in [4.69, 9.17) is 0 Å². The van der Waals surface area contributed by atoms with Gasteiger partial charge in [0.25, 0.3) is 5.92 Å². The largest absolute Gasteiger partial charge is 0.550 e. The number of halogens is 2. The summed E-state index contributed by atoms with van der Waals surface area (Å²) in [6.07, 6.45) is -0.546. The van der Waals surface area contributed by atoms with E-state index in [1.807, 2.05) is 0 Å². The van der Waals surface area contributed by atoms with Crippen molar-refractivity contribution in [2.45, 2.75) is 12.3 Å². The smallest absolute Gasteiger partial charge is 0.257 e. The zero-order chi connectivity index (χ0) is 6.36. The van der Waals surface area contributed by atoms with E-state index < -0.39 is 24.2 Å². The van der Waals surface area contributed by atoms with Crippen LogP contribution in [0.4, 0.5) is 8.78 Å². The third-order valence-corrected chi connectivity index (χ3v) is 1.11. The molecular formula is C4H3F2O2-. The highest BCUT2D eigenvalue weighted by Gasteiger charge is 2.57. The molecule has 1 aliphatic carbocycles. The van der Waals surface area contributed by atoms with Crippen LogP contribution in [0.1, 0.15) is 6.42 Å². The number of hydrogen-bond acceptors (Lipinski definition) is 2. The van der Waals surface area contributed by atoms with Gasteiger partial charge in [0.2, 0.25) is 0 Å². The molecule has 0 heterocycles. The minimum absolute atomic E-state index is 0.546. The first-order valence-corrected chi connectivity index (χ1v) is 2.13. The van der Waals surface area contributed by atoms with Gasteiger partial charge in [-0.1, -0.05) is 0 Å². The molecule has 1 rings (SSSR count). The van der Waals surface area contributed by atoms with Crippen LogP contribution in [0.25, 0.3) is 0 Å². The predicted molar refractivity (Wildman–Crippen MR) is 18.1 cm³/mol. The highest BCUT2D eigenvalue weighted by molar-refractivity contribution is 5.72. The molecule has 8 heavy (non-hydrogen) atoms. The molecule has 1 saturated carbocycles. The van der Waals surface area contributed by atoms with Gasteiger partial charge < -0.3 is 9.90 Å². The maximum atomic E-state index is 11.6. The first-order valence-electron chi connectivity index (χ1n) is 2.13. The van der Waals surface area contributed by atoms with Crippen molar-refractivity contribution in [3.8, 4) is 0 Å². The fourth-order valence-electron chi connectivity index (χ4n) is 0.469. The lowest BCUT2D eigenvalue weighted by atomic mass is 10.4. The summed E-state index contributed by atoms with van der Waals surface area (Å²) in [6.45, 7) is 0. The van der Waals surface area contributed by atoms with Crippen LogP contribution >= 0.6 is 0 Å². The Kier molecular flexibility index (Phi) is 0.808. The van der Waals surface area contributed by atoms with E-state index in [2.05, 4.69) is 0 Å². The van der Waals surface area contributed by atoms with Gasteiger partial charge in [0.1, 0.15) is 0 Å². The molecule has 1 fully saturated rings. The monoisotopic (exact) mass is 121 g/mol. The van der Waals surface area contributed by atoms with Crippen molar-refractivity contribution in [1.29, 1.82) is 0 Å². The van der Waals surface area contributed by atoms with E-state index in [-0.39, 0.29) is 0 Å². The van der Waals surface area contributed by atoms with E-state index >= 15 is 0 Å². The van der Waals surface area contributed by atoms with Gasteiger partial charge >= 0.3 is 0 Å². The molecule has 0 aromatic carbocycles. The molecule has 0 spiro atoms. The summed E-state index contributed by atoms with van der Waals surface area (Å²) in [5, 5.41) is 9.59. The lowest BCUT2D eigenvalue weighted by molar-refractivity contribution is -0.309. The summed E-state index contributed by atoms with van der Waals surface area (Å²) < 4.78 is 23.3. The molecule has 1 aliphatic rings. The van der Waals surface area contributed by atoms with Gasteiger partial charge in [-0.15, -0.1) is 0 Å². The zero-order valence-electron chi connectivity index (χ0n) is 3.86. The van der Waals surface area contributed by atoms with Crippen molar-refractivity contribution < 1.29 is 18.7 Å². The Bertz CT molecular complexity index is 132. The molecule has 1 unspecified atom stereocenters. The number of rotatable bonds is 1. The van der Waals surface area contributed by atoms with Gasteiger partial charge in [0, 0.05) is 6.42 Å². The molecule has 0 radical (unpaired) electrons. The normalized spacial score (nSPS) is 32.0. The third kappa shape index (κ3) is 0.657. The van der Waals surface area contributed by atoms with Crippen LogP contribution in [0.15, 0.2) is 0 Å². The number of carboxylic acids is 1. The second kappa shape index (κ2) is 1.18. The van der Waals surface area contributed by atoms with Crippen molar-refractivity contribution in [3.63, 3.8) is 0 Å². The molecule has 2 nitrogen and oxygen atoms in total. The summed E-state index contributed by atoms with van der Waals surface area (Å²) in [4.78, 5) is 9.59. The van der Waals surface area contributed by atoms with Crippen molar-refractivity contribution in [3.05, 3.63) is 0 Å². The topological polar surface area (TPSA) is 40.1 Å². The maximum absolute atomic E-state index is 11.6. The maximum Gasteiger partial charge on any atom is 0.257 e. The number of carbonyl (C=O) groups excluding carboxylic acids is 1. The van der Waals surface area contributed by atoms with E-state index in [0.717, 1.165) is 0 Å². The first-order chi connectivity index (χ1) is 3.54. The highest BCUT2D eigenvalue weighted by Crippen LogP contribution is 2.47. The Morgan fingerprint density at radius 1 is 1.75 bits per heavy atom. The minimum atomic E-state index is -2.97. The van der Waals surface area contributed by atoms with Crippen LogP contribution in [0.3, 0.4) is 0 Å². The van der Waals surface area contributed by atoms with Gasteiger partial charge in [-0.25, -0.2) is 8.78 Å². The average Bonchev–Trinajstić information content (AvgIpc) is 2.13. The minimum Gasteiger partial charge on any atom is -0.550 e. The predicted octanol–water partition coefficient (Wildman–Crippen LogP) is -0.608. The number of alkyl halides is 2. The number of carboxylic acid groups (broad SMARTS) is 1. The lowest BCUT2D eigenvalue weighted by Gasteiger charge is -1.95. The molecule has 4 heteroatoms. The van der Waals surface area contributed by atoms with Gasteiger partial charge in [0.05, 0.1) is 11.9 Å². The van der Waals surface area contributed by atoms with Crippen molar-refractivity contribution in [1.82, 2.24) is 0 Å². The van der Waals surface area contributed by atoms with Gasteiger partial charge in [-0.3, -0.25) is 0 Å². The fourth-order valence-corrected chi connectivity index (χ4v) is 0.469. The molecule has 0 N–H and O–H groups in total. The standard InChI is InChI=1S/C4H4F2O2/c5-4(6)1-2(4)3(7)8/h2H,1H2,(H,7,8)/p-1. The van der Waals surface area contributed by atoms with Crippen molar-refractivity contribution in [2.24, 2.45) is 5.92 Å². The van der Waals surface area contributed by atoms with Gasteiger partial charge in [-0.05, 0) is 0 Å². The Hall–Kier alpha value is -0.670. The van der Waals surface area contributed by atoms with Crippen molar-refractivity contribution >= 4 is 5.97 Å². The van der Waals surface area contributed by atoms with Crippen molar-refractivity contribution in [2.75, 3.05) is 0 Å². The number of aliphatic carboxylic acids is 1. The van der Waals surface area contributed by atoms with E-state index in [9.17, 15) is 18.7 Å². The molecular weight excluding hydrogens is 118 g/mol. The molecule has 0 aliphatic heterocycles. The summed E-state index contributed by atoms with van der Waals surface area (Å²) in [5.74, 6) is -6.13. The second-order valence-corrected chi connectivity index (χ2v) is 1.84. The Morgan fingerprint density at radius 2 is 2.12 bits per heavy atom. The van der Waals surface area contributed by atoms with Gasteiger partial charge in [-0.2, -0.15) is 0 Å². The van der Waals surface area contributed by atoms with Crippen LogP contribution in [0.2, 0.25) is 0 Å². The molecule has 1 atom stereocenters. The molecule has 0 aromatic heterocycles. The summed E-state index contributed by atoms with van der Waals surface area (Å²) in [5.41, 5.74) is 0. The lowest BCUT2D eigenvalue weighted by Crippen LogP contribution is -2.26. The molecule has 0 saturated heterocycles. The fraction of sp³-hybridized carbons (Fsp3) is 0.750. The van der Waals surface area contributed by atoms with Crippen LogP contribution in [0.5, 0.6) is 0 Å². The molecule has 46 valence electrons. The SMILES string of the molecule is O=C([O-])C1CC1(F)F. The van der Waals surface area contributed by atoms with E-state index in [1.54, 1.807) is 0 Å². The van der Waals surface area contributed by atoms with Crippen LogP contribution in [0, 0.1) is 5.92 Å². The van der Waals surface area contributed by atoms with Crippen LogP contribution < -0.4 is 5.11 Å². The van der Waals surface area contributed by atoms with E-state index in [0.29, 0.717) is 0 Å². The summed E-state index contributed by atoms with van der Waals surface area (Å²) in [7, 11) is 0. The molecule has 0 amide bonds. The highest BCUT2D eigenvalue weighted by atomic mass is 19.3. The summed E-state index contributed by atoms with van der Waals surface area (Å²) in [6, 6.07) is 0. The molecule has 0 bridgehead atoms. The van der Waals surface area contributed by atoms with E-state index in [1.165, 1.54) is 0 Å². The first kappa shape index (κ1) is 5.47. The second-order valence-electron chi connectivity index (χ2n) is 1.84. The third-order valence-electron chi connectivity index (χ3n) is 1.11. The quantitative estimate of drug-likeness (QED) is 0.464. The van der Waals surface area contributed by atoms with Gasteiger partial charge in [0.15, 0.2) is 0 Å². The summed E-state index contributed by atoms with van der Waals surface area (Å²) >= 11 is 0. The Morgan fingerprint density at radius 3 is 2.12 bits per heavy atom. The molecule has 0 aromatic rings. The average molecular weight is 121 g/mol. The Labute approximate surface area is 44.1 Å². The number of carbonyl (C=O) groups is 1. The van der Waals surface area contributed by atoms with Crippen LogP contribution in [-0.2, 0) is 4.79 Å². The van der Waals surface area contributed by atoms with Crippen LogP contribution in [-0.4, -0.2) is 11.9 Å². The number of hydrogen-bond donors (Lipinski definition) is 0. The Balaban J connectivity index is 2.48.